The molecule has 0 unspecified atom stereocenters. The summed E-state index contributed by atoms with van der Waals surface area (Å²) in [5.74, 6) is -2.39. The highest BCUT2D eigenvalue weighted by Crippen LogP contribution is 2.54. The summed E-state index contributed by atoms with van der Waals surface area (Å²) in [6.45, 7) is 2.19. The molecule has 1 aliphatic carbocycles. The standard InChI is InChI=1S/C20H21F3N2OS/c1-12-4-5-15(13(21)10-12)24-19-17(23)14(22)11-16-18(19)25-27-20(7-8-20)6-2-3-9-26-16/h4-5,10-11,24-25H,2-3,6-9H2,1H3. The zero-order valence-electron chi connectivity index (χ0n) is 15.0. The van der Waals surface area contributed by atoms with E-state index in [1.54, 1.807) is 13.0 Å². The van der Waals surface area contributed by atoms with Gasteiger partial charge in [-0.05, 0) is 68.7 Å². The smallest absolute Gasteiger partial charge is 0.184 e. The maximum absolute atomic E-state index is 14.6. The highest BCUT2D eigenvalue weighted by Gasteiger charge is 2.43. The van der Waals surface area contributed by atoms with Gasteiger partial charge < -0.3 is 14.8 Å². The van der Waals surface area contributed by atoms with Crippen LogP contribution in [0.4, 0.5) is 30.2 Å². The van der Waals surface area contributed by atoms with Crippen LogP contribution in [0.1, 0.15) is 37.7 Å². The van der Waals surface area contributed by atoms with E-state index >= 15 is 0 Å². The number of halogens is 3. The van der Waals surface area contributed by atoms with Gasteiger partial charge in [0.2, 0.25) is 0 Å². The minimum atomic E-state index is -1.06. The molecule has 1 heterocycles. The number of benzene rings is 2. The van der Waals surface area contributed by atoms with Gasteiger partial charge in [-0.2, -0.15) is 0 Å². The summed E-state index contributed by atoms with van der Waals surface area (Å²) < 4.78 is 52.1. The van der Waals surface area contributed by atoms with E-state index in [0.29, 0.717) is 12.3 Å². The molecule has 0 saturated heterocycles. The molecule has 2 N–H and O–H groups in total. The highest BCUT2D eigenvalue weighted by atomic mass is 32.2. The maximum atomic E-state index is 14.6. The second kappa shape index (κ2) is 7.19. The van der Waals surface area contributed by atoms with Crippen molar-refractivity contribution in [3.05, 3.63) is 47.3 Å². The fourth-order valence-corrected chi connectivity index (χ4v) is 4.30. The van der Waals surface area contributed by atoms with Crippen molar-refractivity contribution in [2.24, 2.45) is 0 Å². The molecular weight excluding hydrogens is 373 g/mol. The van der Waals surface area contributed by atoms with Crippen LogP contribution < -0.4 is 14.8 Å². The third-order valence-corrected chi connectivity index (χ3v) is 6.38. The number of rotatable bonds is 2. The predicted molar refractivity (Wildman–Crippen MR) is 103 cm³/mol. The molecule has 1 fully saturated rings. The van der Waals surface area contributed by atoms with Crippen molar-refractivity contribution in [1.29, 1.82) is 0 Å². The summed E-state index contributed by atoms with van der Waals surface area (Å²) in [7, 11) is 0. The zero-order valence-corrected chi connectivity index (χ0v) is 15.8. The van der Waals surface area contributed by atoms with E-state index in [2.05, 4.69) is 10.0 Å². The number of nitrogens with one attached hydrogen (secondary N) is 2. The van der Waals surface area contributed by atoms with E-state index < -0.39 is 17.5 Å². The molecule has 27 heavy (non-hydrogen) atoms. The second-order valence-electron chi connectivity index (χ2n) is 7.22. The molecule has 2 aromatic carbocycles. The van der Waals surface area contributed by atoms with Gasteiger partial charge in [-0.15, -0.1) is 0 Å². The first kappa shape index (κ1) is 18.3. The third-order valence-electron chi connectivity index (χ3n) is 5.03. The Kier molecular flexibility index (Phi) is 4.88. The lowest BCUT2D eigenvalue weighted by Crippen LogP contribution is -2.13. The van der Waals surface area contributed by atoms with Crippen molar-refractivity contribution >= 4 is 29.0 Å². The number of aryl methyl sites for hydroxylation is 1. The molecule has 0 atom stereocenters. The van der Waals surface area contributed by atoms with E-state index in [1.165, 1.54) is 24.1 Å². The van der Waals surface area contributed by atoms with E-state index in [9.17, 15) is 13.2 Å². The molecular formula is C20H21F3N2OS. The molecule has 0 radical (unpaired) electrons. The largest absolute Gasteiger partial charge is 0.491 e. The van der Waals surface area contributed by atoms with E-state index in [1.807, 2.05) is 0 Å². The van der Waals surface area contributed by atoms with Crippen LogP contribution in [0, 0.1) is 24.4 Å². The number of anilines is 3. The molecule has 2 aliphatic rings. The van der Waals surface area contributed by atoms with Crippen LogP contribution in [0.5, 0.6) is 5.75 Å². The van der Waals surface area contributed by atoms with Crippen molar-refractivity contribution in [2.75, 3.05) is 16.6 Å². The zero-order chi connectivity index (χ0) is 19.0. The monoisotopic (exact) mass is 394 g/mol. The average Bonchev–Trinajstić information content (AvgIpc) is 3.40. The molecule has 1 spiro atoms. The molecule has 0 bridgehead atoms. The van der Waals surface area contributed by atoms with Crippen LogP contribution in [0.15, 0.2) is 24.3 Å². The van der Waals surface area contributed by atoms with Gasteiger partial charge in [0.25, 0.3) is 0 Å². The van der Waals surface area contributed by atoms with Gasteiger partial charge in [-0.25, -0.2) is 13.2 Å². The molecule has 2 aromatic rings. The third kappa shape index (κ3) is 3.83. The normalized spacial score (nSPS) is 18.2. The SMILES string of the molecule is Cc1ccc(Nc2c(F)c(F)cc3c2NSC2(CCCCO3)CC2)c(F)c1. The lowest BCUT2D eigenvalue weighted by Gasteiger charge is -2.23. The lowest BCUT2D eigenvalue weighted by atomic mass is 10.1. The van der Waals surface area contributed by atoms with Gasteiger partial charge in [0.1, 0.15) is 22.9 Å². The topological polar surface area (TPSA) is 33.3 Å². The number of fused-ring (bicyclic) bond motifs is 1. The predicted octanol–water partition coefficient (Wildman–Crippen LogP) is 6.31. The molecule has 1 saturated carbocycles. The summed E-state index contributed by atoms with van der Waals surface area (Å²) >= 11 is 1.52. The van der Waals surface area contributed by atoms with Crippen molar-refractivity contribution < 1.29 is 17.9 Å². The Balaban J connectivity index is 1.74. The first-order valence-electron chi connectivity index (χ1n) is 9.09. The molecule has 0 aromatic heterocycles. The summed E-state index contributed by atoms with van der Waals surface area (Å²) in [5, 5.41) is 2.72. The summed E-state index contributed by atoms with van der Waals surface area (Å²) in [5.41, 5.74) is 0.995. The fraction of sp³-hybridized carbons (Fsp3) is 0.400. The van der Waals surface area contributed by atoms with Crippen LogP contribution in [0.3, 0.4) is 0 Å². The summed E-state index contributed by atoms with van der Waals surface area (Å²) in [4.78, 5) is 0. The van der Waals surface area contributed by atoms with Gasteiger partial charge in [-0.3, -0.25) is 0 Å². The Morgan fingerprint density at radius 1 is 1.07 bits per heavy atom. The molecule has 3 nitrogen and oxygen atoms in total. The summed E-state index contributed by atoms with van der Waals surface area (Å²) in [6.07, 6.45) is 5.14. The molecule has 144 valence electrons. The highest BCUT2D eigenvalue weighted by molar-refractivity contribution is 8.02. The second-order valence-corrected chi connectivity index (χ2v) is 8.50. The maximum Gasteiger partial charge on any atom is 0.184 e. The van der Waals surface area contributed by atoms with E-state index in [4.69, 9.17) is 4.74 Å². The van der Waals surface area contributed by atoms with Gasteiger partial charge in [0.15, 0.2) is 11.6 Å². The molecule has 4 rings (SSSR count). The minimum Gasteiger partial charge on any atom is -0.491 e. The Morgan fingerprint density at radius 2 is 1.89 bits per heavy atom. The first-order valence-corrected chi connectivity index (χ1v) is 9.91. The number of ether oxygens (including phenoxy) is 1. The molecule has 1 aliphatic heterocycles. The molecule has 7 heteroatoms. The van der Waals surface area contributed by atoms with Crippen molar-refractivity contribution in [1.82, 2.24) is 0 Å². The quantitative estimate of drug-likeness (QED) is 0.585. The van der Waals surface area contributed by atoms with Crippen LogP contribution in [-0.2, 0) is 0 Å². The number of hydrogen-bond donors (Lipinski definition) is 2. The lowest BCUT2D eigenvalue weighted by molar-refractivity contribution is 0.303. The Hall–Kier alpha value is -2.02. The van der Waals surface area contributed by atoms with Crippen LogP contribution in [0.25, 0.3) is 0 Å². The molecule has 0 amide bonds. The Bertz CT molecular complexity index is 871. The average molecular weight is 394 g/mol. The van der Waals surface area contributed by atoms with Gasteiger partial charge in [0.05, 0.1) is 12.3 Å². The van der Waals surface area contributed by atoms with Gasteiger partial charge >= 0.3 is 0 Å². The minimum absolute atomic E-state index is 0.0809. The van der Waals surface area contributed by atoms with Crippen molar-refractivity contribution in [3.63, 3.8) is 0 Å². The van der Waals surface area contributed by atoms with Gasteiger partial charge in [0, 0.05) is 10.8 Å². The van der Waals surface area contributed by atoms with E-state index in [-0.39, 0.29) is 21.9 Å². The first-order chi connectivity index (χ1) is 13.0. The van der Waals surface area contributed by atoms with Gasteiger partial charge in [-0.1, -0.05) is 6.07 Å². The van der Waals surface area contributed by atoms with Crippen LogP contribution >= 0.6 is 11.9 Å². The van der Waals surface area contributed by atoms with Crippen molar-refractivity contribution in [3.8, 4) is 5.75 Å². The van der Waals surface area contributed by atoms with Crippen LogP contribution in [0.2, 0.25) is 0 Å². The summed E-state index contributed by atoms with van der Waals surface area (Å²) in [6, 6.07) is 5.61. The van der Waals surface area contributed by atoms with Crippen molar-refractivity contribution in [2.45, 2.75) is 43.8 Å². The Morgan fingerprint density at radius 3 is 2.63 bits per heavy atom. The van der Waals surface area contributed by atoms with Crippen LogP contribution in [-0.4, -0.2) is 11.4 Å². The Labute approximate surface area is 160 Å². The fourth-order valence-electron chi connectivity index (χ4n) is 3.22. The number of hydrogen-bond acceptors (Lipinski definition) is 4. The van der Waals surface area contributed by atoms with E-state index in [0.717, 1.165) is 43.7 Å².